The number of aliphatic carboxylic acids is 1. The summed E-state index contributed by atoms with van der Waals surface area (Å²) in [7, 11) is 0. The van der Waals surface area contributed by atoms with E-state index in [9.17, 15) is 9.59 Å². The van der Waals surface area contributed by atoms with Gasteiger partial charge in [0.2, 0.25) is 5.91 Å². The van der Waals surface area contributed by atoms with Crippen molar-refractivity contribution < 1.29 is 14.7 Å². The van der Waals surface area contributed by atoms with Crippen LogP contribution in [0.3, 0.4) is 0 Å². The summed E-state index contributed by atoms with van der Waals surface area (Å²) in [6.45, 7) is 2.86. The molecular formula is C17H26N2O3. The third-order valence-corrected chi connectivity index (χ3v) is 6.76. The molecule has 0 spiro atoms. The predicted molar refractivity (Wildman–Crippen MR) is 81.1 cm³/mol. The molecule has 0 aromatic carbocycles. The molecule has 4 saturated carbocycles. The van der Waals surface area contributed by atoms with Crippen LogP contribution >= 0.6 is 0 Å². The van der Waals surface area contributed by atoms with E-state index in [2.05, 4.69) is 5.32 Å². The number of carboxylic acids is 1. The highest BCUT2D eigenvalue weighted by Gasteiger charge is 2.67. The fourth-order valence-electron chi connectivity index (χ4n) is 5.65. The number of fused-ring (bicyclic) bond motifs is 5. The van der Waals surface area contributed by atoms with Crippen LogP contribution in [0.15, 0.2) is 0 Å². The van der Waals surface area contributed by atoms with Gasteiger partial charge in [0.15, 0.2) is 0 Å². The number of nitrogens with zero attached hydrogens (tertiary/aromatic N) is 1. The van der Waals surface area contributed by atoms with Gasteiger partial charge in [-0.1, -0.05) is 6.92 Å². The van der Waals surface area contributed by atoms with E-state index >= 15 is 0 Å². The molecule has 1 amide bonds. The average molecular weight is 306 g/mol. The lowest BCUT2D eigenvalue weighted by molar-refractivity contribution is -0.140. The second kappa shape index (κ2) is 5.22. The summed E-state index contributed by atoms with van der Waals surface area (Å²) in [5.41, 5.74) is 0. The van der Waals surface area contributed by atoms with Gasteiger partial charge < -0.3 is 10.4 Å². The molecule has 0 heterocycles. The van der Waals surface area contributed by atoms with E-state index in [1.54, 1.807) is 0 Å². The van der Waals surface area contributed by atoms with E-state index in [4.69, 9.17) is 5.11 Å². The molecule has 0 aromatic heterocycles. The molecule has 4 atom stereocenters. The van der Waals surface area contributed by atoms with Crippen molar-refractivity contribution in [2.45, 2.75) is 51.1 Å². The first kappa shape index (κ1) is 14.5. The first-order valence-corrected chi connectivity index (χ1v) is 8.84. The Morgan fingerprint density at radius 2 is 1.77 bits per heavy atom. The molecule has 22 heavy (non-hydrogen) atoms. The number of likely N-dealkylation sites (N-methyl/N-ethyl adjacent to an activating group) is 1. The lowest BCUT2D eigenvalue weighted by atomic mass is 9.85. The zero-order valence-electron chi connectivity index (χ0n) is 13.2. The third kappa shape index (κ3) is 2.25. The highest BCUT2D eigenvalue weighted by atomic mass is 16.4. The third-order valence-electron chi connectivity index (χ3n) is 6.76. The van der Waals surface area contributed by atoms with Gasteiger partial charge in [0, 0.05) is 18.0 Å². The Morgan fingerprint density at radius 3 is 2.32 bits per heavy atom. The fraction of sp³-hybridized carbons (Fsp3) is 0.882. The largest absolute Gasteiger partial charge is 0.480 e. The van der Waals surface area contributed by atoms with Gasteiger partial charge in [0.05, 0.1) is 6.54 Å². The number of carboxylic acid groups (broad SMARTS) is 1. The molecule has 4 rings (SSSR count). The number of rotatable bonds is 6. The quantitative estimate of drug-likeness (QED) is 0.777. The molecule has 0 aromatic rings. The molecule has 5 heteroatoms. The second-order valence-corrected chi connectivity index (χ2v) is 7.80. The van der Waals surface area contributed by atoms with Crippen LogP contribution in [0.4, 0.5) is 0 Å². The van der Waals surface area contributed by atoms with Crippen LogP contribution in [-0.4, -0.2) is 47.1 Å². The summed E-state index contributed by atoms with van der Waals surface area (Å²) < 4.78 is 0. The molecule has 0 radical (unpaired) electrons. The fourth-order valence-corrected chi connectivity index (χ4v) is 5.65. The maximum absolute atomic E-state index is 12.4. The van der Waals surface area contributed by atoms with Gasteiger partial charge >= 0.3 is 5.97 Å². The topological polar surface area (TPSA) is 69.6 Å². The van der Waals surface area contributed by atoms with Crippen LogP contribution in [0.2, 0.25) is 0 Å². The molecule has 122 valence electrons. The van der Waals surface area contributed by atoms with Crippen LogP contribution in [0, 0.1) is 29.6 Å². The molecule has 4 unspecified atom stereocenters. The summed E-state index contributed by atoms with van der Waals surface area (Å²) in [6.07, 6.45) is 5.89. The molecule has 4 aliphatic rings. The van der Waals surface area contributed by atoms with Crippen molar-refractivity contribution in [1.82, 2.24) is 10.2 Å². The minimum absolute atomic E-state index is 0.109. The minimum Gasteiger partial charge on any atom is -0.480 e. The van der Waals surface area contributed by atoms with Crippen molar-refractivity contribution >= 4 is 11.9 Å². The summed E-state index contributed by atoms with van der Waals surface area (Å²) in [4.78, 5) is 25.3. The second-order valence-electron chi connectivity index (χ2n) is 7.80. The van der Waals surface area contributed by atoms with E-state index in [0.29, 0.717) is 23.8 Å². The SMILES string of the molecule is CCN(CC(=O)O)C1CC(NC(=O)C2C3C4CCC(C4)C23)C1. The average Bonchev–Trinajstić information content (AvgIpc) is 2.88. The number of carbonyl (C=O) groups is 2. The molecule has 4 fully saturated rings. The zero-order valence-corrected chi connectivity index (χ0v) is 13.2. The molecule has 2 bridgehead atoms. The van der Waals surface area contributed by atoms with E-state index < -0.39 is 5.97 Å². The molecular weight excluding hydrogens is 280 g/mol. The van der Waals surface area contributed by atoms with Crippen molar-refractivity contribution in [1.29, 1.82) is 0 Å². The monoisotopic (exact) mass is 306 g/mol. The molecule has 4 aliphatic carbocycles. The highest BCUT2D eigenvalue weighted by molar-refractivity contribution is 5.83. The van der Waals surface area contributed by atoms with Gasteiger partial charge in [-0.15, -0.1) is 0 Å². The van der Waals surface area contributed by atoms with Crippen molar-refractivity contribution in [3.8, 4) is 0 Å². The van der Waals surface area contributed by atoms with Crippen LogP contribution in [0.25, 0.3) is 0 Å². The smallest absolute Gasteiger partial charge is 0.317 e. The number of hydrogen-bond donors (Lipinski definition) is 2. The normalized spacial score (nSPS) is 44.5. The molecule has 5 nitrogen and oxygen atoms in total. The number of amides is 1. The lowest BCUT2D eigenvalue weighted by Gasteiger charge is -2.42. The molecule has 0 saturated heterocycles. The number of hydrogen-bond acceptors (Lipinski definition) is 3. The van der Waals surface area contributed by atoms with Gasteiger partial charge in [-0.3, -0.25) is 14.5 Å². The maximum Gasteiger partial charge on any atom is 0.317 e. The Hall–Kier alpha value is -1.10. The van der Waals surface area contributed by atoms with Gasteiger partial charge in [0.25, 0.3) is 0 Å². The zero-order chi connectivity index (χ0) is 15.4. The number of carbonyl (C=O) groups excluding carboxylic acids is 1. The molecule has 0 aliphatic heterocycles. The summed E-state index contributed by atoms with van der Waals surface area (Å²) in [5, 5.41) is 12.1. The van der Waals surface area contributed by atoms with Crippen LogP contribution in [0.1, 0.15) is 39.0 Å². The van der Waals surface area contributed by atoms with Crippen molar-refractivity contribution in [3.63, 3.8) is 0 Å². The Bertz CT molecular complexity index is 472. The lowest BCUT2D eigenvalue weighted by Crippen LogP contribution is -2.55. The van der Waals surface area contributed by atoms with Gasteiger partial charge in [-0.05, 0) is 62.3 Å². The van der Waals surface area contributed by atoms with E-state index in [1.165, 1.54) is 19.3 Å². The summed E-state index contributed by atoms with van der Waals surface area (Å²) in [6, 6.07) is 0.584. The van der Waals surface area contributed by atoms with Gasteiger partial charge in [-0.2, -0.15) is 0 Å². The van der Waals surface area contributed by atoms with Crippen molar-refractivity contribution in [2.75, 3.05) is 13.1 Å². The Labute approximate surface area is 131 Å². The predicted octanol–water partition coefficient (Wildman–Crippen LogP) is 1.33. The van der Waals surface area contributed by atoms with Crippen molar-refractivity contribution in [2.24, 2.45) is 29.6 Å². The first-order valence-electron chi connectivity index (χ1n) is 8.84. The highest BCUT2D eigenvalue weighted by Crippen LogP contribution is 2.69. The summed E-state index contributed by atoms with van der Waals surface area (Å²) in [5.74, 6) is 2.91. The van der Waals surface area contributed by atoms with Crippen molar-refractivity contribution in [3.05, 3.63) is 0 Å². The van der Waals surface area contributed by atoms with E-state index in [0.717, 1.165) is 31.2 Å². The Balaban J connectivity index is 1.23. The molecule has 2 N–H and O–H groups in total. The first-order chi connectivity index (χ1) is 10.6. The van der Waals surface area contributed by atoms with Crippen LogP contribution in [-0.2, 0) is 9.59 Å². The van der Waals surface area contributed by atoms with Gasteiger partial charge in [-0.25, -0.2) is 0 Å². The number of nitrogens with one attached hydrogen (secondary N) is 1. The van der Waals surface area contributed by atoms with Crippen LogP contribution < -0.4 is 5.32 Å². The van der Waals surface area contributed by atoms with Crippen LogP contribution in [0.5, 0.6) is 0 Å². The Kier molecular flexibility index (Phi) is 3.44. The maximum atomic E-state index is 12.4. The van der Waals surface area contributed by atoms with E-state index in [1.807, 2.05) is 11.8 Å². The standard InChI is InChI=1S/C17H26N2O3/c1-2-19(8-13(20)21)12-6-11(7-12)18-17(22)16-14-9-3-4-10(5-9)15(14)16/h9-12,14-16H,2-8H2,1H3,(H,18,22)(H,20,21). The Morgan fingerprint density at radius 1 is 1.14 bits per heavy atom. The minimum atomic E-state index is -0.768. The summed E-state index contributed by atoms with van der Waals surface area (Å²) >= 11 is 0. The van der Waals surface area contributed by atoms with E-state index in [-0.39, 0.29) is 18.5 Å². The van der Waals surface area contributed by atoms with Gasteiger partial charge in [0.1, 0.15) is 0 Å².